The van der Waals surface area contributed by atoms with Gasteiger partial charge in [0.1, 0.15) is 16.4 Å². The van der Waals surface area contributed by atoms with Gasteiger partial charge in [-0.2, -0.15) is 27.7 Å². The van der Waals surface area contributed by atoms with Gasteiger partial charge in [0.2, 0.25) is 5.65 Å². The molecule has 196 valence electrons. The zero-order chi connectivity index (χ0) is 27.0. The average molecular weight is 539 g/mol. The summed E-state index contributed by atoms with van der Waals surface area (Å²) in [5.41, 5.74) is -1.19. The Labute approximate surface area is 208 Å². The van der Waals surface area contributed by atoms with Crippen molar-refractivity contribution in [2.75, 3.05) is 25.6 Å². The number of alkyl halides is 3. The van der Waals surface area contributed by atoms with Crippen LogP contribution in [0.3, 0.4) is 0 Å². The molecule has 0 saturated carbocycles. The summed E-state index contributed by atoms with van der Waals surface area (Å²) in [6, 6.07) is 8.37. The van der Waals surface area contributed by atoms with Gasteiger partial charge in [0.15, 0.2) is 5.75 Å². The number of nitrogens with zero attached hydrogens (tertiary/aromatic N) is 5. The van der Waals surface area contributed by atoms with E-state index in [2.05, 4.69) is 15.1 Å². The van der Waals surface area contributed by atoms with Crippen LogP contribution in [0.1, 0.15) is 11.1 Å². The van der Waals surface area contributed by atoms with Gasteiger partial charge in [0.05, 0.1) is 39.6 Å². The molecule has 0 aliphatic heterocycles. The van der Waals surface area contributed by atoms with E-state index in [1.165, 1.54) is 39.7 Å². The highest BCUT2D eigenvalue weighted by Gasteiger charge is 2.42. The molecule has 0 unspecified atom stereocenters. The molecule has 0 saturated heterocycles. The molecule has 1 N–H and O–H groups in total. The molecule has 37 heavy (non-hydrogen) atoms. The molecule has 0 aliphatic rings. The third-order valence-corrected chi connectivity index (χ3v) is 7.07. The predicted molar refractivity (Wildman–Crippen MR) is 123 cm³/mol. The van der Waals surface area contributed by atoms with Crippen molar-refractivity contribution in [2.45, 2.75) is 17.6 Å². The summed E-state index contributed by atoms with van der Waals surface area (Å²) in [5, 5.41) is 14.4. The quantitative estimate of drug-likeness (QED) is 0.359. The third kappa shape index (κ3) is 4.76. The van der Waals surface area contributed by atoms with E-state index in [9.17, 15) is 26.7 Å². The van der Waals surface area contributed by atoms with Crippen LogP contribution < -0.4 is 18.5 Å². The first-order chi connectivity index (χ1) is 17.5. The lowest BCUT2D eigenvalue weighted by Gasteiger charge is -2.23. The highest BCUT2D eigenvalue weighted by molar-refractivity contribution is 7.93. The van der Waals surface area contributed by atoms with Crippen molar-refractivity contribution >= 4 is 21.6 Å². The Morgan fingerprint density at radius 1 is 1.03 bits per heavy atom. The van der Waals surface area contributed by atoms with Gasteiger partial charge in [-0.1, -0.05) is 18.2 Å². The van der Waals surface area contributed by atoms with Crippen molar-refractivity contribution in [1.29, 1.82) is 0 Å². The van der Waals surface area contributed by atoms with Crippen molar-refractivity contribution in [3.63, 3.8) is 0 Å². The van der Waals surface area contributed by atoms with E-state index in [0.29, 0.717) is 21.7 Å². The summed E-state index contributed by atoms with van der Waals surface area (Å²) < 4.78 is 86.1. The van der Waals surface area contributed by atoms with Crippen molar-refractivity contribution in [3.8, 4) is 23.3 Å². The van der Waals surface area contributed by atoms with Crippen LogP contribution in [0.2, 0.25) is 0 Å². The van der Waals surface area contributed by atoms with Gasteiger partial charge in [-0.05, 0) is 29.8 Å². The Bertz CT molecular complexity index is 1500. The van der Waals surface area contributed by atoms with Crippen LogP contribution in [-0.2, 0) is 22.7 Å². The van der Waals surface area contributed by atoms with E-state index < -0.39 is 44.9 Å². The van der Waals surface area contributed by atoms with E-state index in [1.807, 2.05) is 0 Å². The molecule has 2 heterocycles. The van der Waals surface area contributed by atoms with Crippen molar-refractivity contribution in [3.05, 3.63) is 59.8 Å². The van der Waals surface area contributed by atoms with Crippen molar-refractivity contribution in [1.82, 2.24) is 19.6 Å². The van der Waals surface area contributed by atoms with Gasteiger partial charge in [-0.25, -0.2) is 12.7 Å². The fourth-order valence-corrected chi connectivity index (χ4v) is 5.12. The maximum atomic E-state index is 13.8. The molecule has 0 aliphatic carbocycles. The summed E-state index contributed by atoms with van der Waals surface area (Å²) in [6.45, 7) is -0.493. The second-order valence-electron chi connectivity index (χ2n) is 7.47. The minimum Gasteiger partial charge on any atom is -0.506 e. The summed E-state index contributed by atoms with van der Waals surface area (Å²) in [4.78, 5) is 6.86. The van der Waals surface area contributed by atoms with Gasteiger partial charge in [-0.15, -0.1) is 5.10 Å². The first kappa shape index (κ1) is 25.8. The number of sulfonamides is 1. The molecular weight excluding hydrogens is 519 g/mol. The van der Waals surface area contributed by atoms with Gasteiger partial charge >= 0.3 is 12.2 Å². The zero-order valence-corrected chi connectivity index (χ0v) is 20.4. The molecule has 0 fully saturated rings. The van der Waals surface area contributed by atoms with Gasteiger partial charge < -0.3 is 19.3 Å². The number of hydrogen-bond acceptors (Lipinski definition) is 9. The Balaban J connectivity index is 1.97. The summed E-state index contributed by atoms with van der Waals surface area (Å²) in [6.07, 6.45) is -3.82. The van der Waals surface area contributed by atoms with E-state index >= 15 is 0 Å². The van der Waals surface area contributed by atoms with Crippen molar-refractivity contribution in [2.24, 2.45) is 0 Å². The molecule has 15 heteroatoms. The smallest absolute Gasteiger partial charge is 0.417 e. The standard InChI is InChI=1S/C22H20F3N5O6S/c1-34-14-9-7-13(8-10-14)12-29(20-27-19-17(35-2)11-26-21(36-3)30(19)28-20)37(32,33)18-15(22(23,24)25)5-4-6-16(18)31/h4-11,31H,12H2,1-3H3. The normalized spacial score (nSPS) is 11.9. The van der Waals surface area contributed by atoms with E-state index in [0.717, 1.165) is 16.6 Å². The largest absolute Gasteiger partial charge is 0.506 e. The van der Waals surface area contributed by atoms with Crippen LogP contribution >= 0.6 is 0 Å². The molecule has 0 bridgehead atoms. The summed E-state index contributed by atoms with van der Waals surface area (Å²) in [7, 11) is -1.05. The molecule has 0 amide bonds. The number of rotatable bonds is 8. The topological polar surface area (TPSA) is 128 Å². The third-order valence-electron chi connectivity index (χ3n) is 5.25. The second-order valence-corrected chi connectivity index (χ2v) is 9.27. The van der Waals surface area contributed by atoms with Crippen LogP contribution in [0.25, 0.3) is 5.65 Å². The molecule has 2 aromatic carbocycles. The summed E-state index contributed by atoms with van der Waals surface area (Å²) >= 11 is 0. The number of hydrogen-bond donors (Lipinski definition) is 1. The number of phenolic OH excluding ortho intramolecular Hbond substituents is 1. The molecule has 4 rings (SSSR count). The van der Waals surface area contributed by atoms with Crippen LogP contribution in [0, 0.1) is 0 Å². The van der Waals surface area contributed by atoms with Gasteiger partial charge in [0.25, 0.3) is 16.0 Å². The minimum absolute atomic E-state index is 0.00684. The molecular formula is C22H20F3N5O6S. The number of halogens is 3. The number of phenols is 1. The maximum absolute atomic E-state index is 13.8. The fraction of sp³-hybridized carbons (Fsp3) is 0.227. The van der Waals surface area contributed by atoms with Crippen molar-refractivity contribution < 1.29 is 40.9 Å². The highest BCUT2D eigenvalue weighted by atomic mass is 32.2. The Hall–Kier alpha value is -4.27. The summed E-state index contributed by atoms with van der Waals surface area (Å²) in [5.74, 6) is -1.03. The maximum Gasteiger partial charge on any atom is 0.417 e. The van der Waals surface area contributed by atoms with Crippen LogP contribution in [0.5, 0.6) is 23.3 Å². The Morgan fingerprint density at radius 3 is 2.32 bits per heavy atom. The first-order valence-electron chi connectivity index (χ1n) is 10.4. The predicted octanol–water partition coefficient (Wildman–Crippen LogP) is 3.27. The lowest BCUT2D eigenvalue weighted by molar-refractivity contribution is -0.140. The van der Waals surface area contributed by atoms with Gasteiger partial charge in [0, 0.05) is 0 Å². The van der Waals surface area contributed by atoms with E-state index in [1.54, 1.807) is 12.1 Å². The molecule has 0 atom stereocenters. The van der Waals surface area contributed by atoms with Crippen LogP contribution in [0.15, 0.2) is 53.6 Å². The molecule has 0 spiro atoms. The lowest BCUT2D eigenvalue weighted by atomic mass is 10.2. The molecule has 0 radical (unpaired) electrons. The number of aromatic nitrogens is 4. The monoisotopic (exact) mass is 539 g/mol. The second kappa shape index (κ2) is 9.65. The van der Waals surface area contributed by atoms with E-state index in [4.69, 9.17) is 14.2 Å². The number of aromatic hydroxyl groups is 1. The Kier molecular flexibility index (Phi) is 6.73. The van der Waals surface area contributed by atoms with E-state index in [-0.39, 0.29) is 17.4 Å². The molecule has 11 nitrogen and oxygen atoms in total. The van der Waals surface area contributed by atoms with Gasteiger partial charge in [-0.3, -0.25) is 0 Å². The fourth-order valence-electron chi connectivity index (χ4n) is 3.50. The number of benzene rings is 2. The van der Waals surface area contributed by atoms with Crippen LogP contribution in [0.4, 0.5) is 19.1 Å². The Morgan fingerprint density at radius 2 is 1.73 bits per heavy atom. The molecule has 4 aromatic rings. The lowest BCUT2D eigenvalue weighted by Crippen LogP contribution is -2.33. The number of ether oxygens (including phenoxy) is 3. The first-order valence-corrected chi connectivity index (χ1v) is 11.8. The SMILES string of the molecule is COc1ccc(CN(c2nc3c(OC)cnc(OC)n3n2)S(=O)(=O)c2c(O)cccc2C(F)(F)F)cc1. The highest BCUT2D eigenvalue weighted by Crippen LogP contribution is 2.40. The zero-order valence-electron chi connectivity index (χ0n) is 19.6. The minimum atomic E-state index is -5.11. The number of methoxy groups -OCH3 is 3. The number of fused-ring (bicyclic) bond motifs is 1. The average Bonchev–Trinajstić information content (AvgIpc) is 3.31. The number of anilines is 1. The molecule has 2 aromatic heterocycles. The van der Waals surface area contributed by atoms with Crippen LogP contribution in [-0.4, -0.2) is 54.4 Å².